The van der Waals surface area contributed by atoms with Crippen molar-refractivity contribution in [3.8, 4) is 0 Å². The highest BCUT2D eigenvalue weighted by atomic mass is 32.1. The van der Waals surface area contributed by atoms with Crippen molar-refractivity contribution >= 4 is 28.3 Å². The summed E-state index contributed by atoms with van der Waals surface area (Å²) in [5.41, 5.74) is 7.83. The highest BCUT2D eigenvalue weighted by molar-refractivity contribution is 7.10. The normalized spacial score (nSPS) is 17.6. The molecule has 0 spiro atoms. The van der Waals surface area contributed by atoms with E-state index in [2.05, 4.69) is 31.3 Å². The summed E-state index contributed by atoms with van der Waals surface area (Å²) in [4.78, 5) is 16.6. The van der Waals surface area contributed by atoms with Crippen molar-refractivity contribution in [2.75, 3.05) is 18.0 Å². The van der Waals surface area contributed by atoms with Gasteiger partial charge in [-0.1, -0.05) is 13.8 Å². The van der Waals surface area contributed by atoms with Gasteiger partial charge in [-0.15, -0.1) is 0 Å². The number of anilines is 1. The Morgan fingerprint density at radius 3 is 2.43 bits per heavy atom. The molecule has 3 aliphatic heterocycles. The smallest absolute Gasteiger partial charge is 0.262 e. The maximum absolute atomic E-state index is 12.6. The van der Waals surface area contributed by atoms with E-state index < -0.39 is 0 Å². The van der Waals surface area contributed by atoms with Gasteiger partial charge in [-0.25, -0.2) is 4.68 Å². The molecular weight excluding hydrogens is 381 g/mol. The summed E-state index contributed by atoms with van der Waals surface area (Å²) in [7, 11) is 0. The van der Waals surface area contributed by atoms with E-state index in [4.69, 9.17) is 0 Å². The van der Waals surface area contributed by atoms with Gasteiger partial charge < -0.3 is 4.90 Å². The first-order valence-corrected chi connectivity index (χ1v) is 10.1. The Labute approximate surface area is 167 Å². The zero-order valence-electron chi connectivity index (χ0n) is 15.9. The molecule has 0 unspecified atom stereocenters. The van der Waals surface area contributed by atoms with Crippen LogP contribution >= 0.6 is 11.5 Å². The molecule has 0 bridgehead atoms. The van der Waals surface area contributed by atoms with Crippen molar-refractivity contribution in [1.82, 2.24) is 29.9 Å². The Kier molecular flexibility index (Phi) is 5.98. The minimum atomic E-state index is -0.0248. The quantitative estimate of drug-likeness (QED) is 0.817. The maximum Gasteiger partial charge on any atom is 0.262 e. The molecule has 2 aromatic heterocycles. The fourth-order valence-electron chi connectivity index (χ4n) is 3.37. The molecule has 1 amide bonds. The molecule has 10 heteroatoms. The average Bonchev–Trinajstić information content (AvgIpc) is 3.50. The summed E-state index contributed by atoms with van der Waals surface area (Å²) in [5, 5.41) is 5.42. The van der Waals surface area contributed by atoms with E-state index in [1.807, 2.05) is 26.0 Å². The second-order valence-electron chi connectivity index (χ2n) is 6.22. The van der Waals surface area contributed by atoms with Crippen LogP contribution in [0.25, 0.3) is 5.82 Å². The standard InChI is InChI=1S/C16H17N7OS.C2H6.FH/c24-16-11-9-23(20-12(11)10-22(16)15-5-6-17-25-15)14-4-3-13(18-19-14)21-7-1-2-8-21;1-2;/h3-6,9,18-19H,1-2,7-8,10H2;1-2H3;1H. The molecule has 8 nitrogen and oxygen atoms in total. The van der Waals surface area contributed by atoms with Crippen molar-refractivity contribution in [2.45, 2.75) is 33.2 Å². The first kappa shape index (κ1) is 19.9. The van der Waals surface area contributed by atoms with Crippen LogP contribution < -0.4 is 15.8 Å². The maximum atomic E-state index is 12.6. The third-order valence-corrected chi connectivity index (χ3v) is 5.45. The molecule has 1 fully saturated rings. The number of allylic oxidation sites excluding steroid dienone is 2. The number of halogens is 1. The van der Waals surface area contributed by atoms with Crippen molar-refractivity contribution in [3.05, 3.63) is 47.7 Å². The average molecular weight is 406 g/mol. The zero-order chi connectivity index (χ0) is 18.8. The first-order valence-electron chi connectivity index (χ1n) is 9.30. The zero-order valence-corrected chi connectivity index (χ0v) is 16.7. The largest absolute Gasteiger partial charge is 0.357 e. The molecule has 0 aliphatic carbocycles. The number of amides is 1. The molecule has 5 rings (SSSR count). The summed E-state index contributed by atoms with van der Waals surface area (Å²) < 4.78 is 5.78. The summed E-state index contributed by atoms with van der Waals surface area (Å²) >= 11 is 1.32. The summed E-state index contributed by atoms with van der Waals surface area (Å²) in [5.74, 6) is 1.85. The summed E-state index contributed by atoms with van der Waals surface area (Å²) in [6.07, 6.45) is 10.00. The van der Waals surface area contributed by atoms with Crippen LogP contribution in [0.3, 0.4) is 0 Å². The molecule has 0 radical (unpaired) electrons. The molecule has 5 heterocycles. The lowest BCUT2D eigenvalue weighted by atomic mass is 10.3. The van der Waals surface area contributed by atoms with Crippen molar-refractivity contribution in [2.24, 2.45) is 0 Å². The number of hydrazine groups is 1. The SMILES string of the molecule is CC.F.O=C1c2cn(C3=CC=C(N4CCCC4)NN3)nc2CN1c1ccns1. The van der Waals surface area contributed by atoms with Crippen molar-refractivity contribution in [3.63, 3.8) is 0 Å². The van der Waals surface area contributed by atoms with Crippen LogP contribution in [0.2, 0.25) is 0 Å². The third-order valence-electron chi connectivity index (χ3n) is 4.68. The Morgan fingerprint density at radius 2 is 1.82 bits per heavy atom. The number of hydrogen-bond donors (Lipinski definition) is 2. The molecule has 3 aliphatic rings. The van der Waals surface area contributed by atoms with Gasteiger partial charge in [0.2, 0.25) is 0 Å². The van der Waals surface area contributed by atoms with Gasteiger partial charge in [0.15, 0.2) is 0 Å². The van der Waals surface area contributed by atoms with Gasteiger partial charge in [-0.2, -0.15) is 9.47 Å². The fourth-order valence-corrected chi connectivity index (χ4v) is 3.96. The highest BCUT2D eigenvalue weighted by Gasteiger charge is 2.33. The van der Waals surface area contributed by atoms with E-state index in [1.165, 1.54) is 24.4 Å². The van der Waals surface area contributed by atoms with E-state index in [0.29, 0.717) is 12.1 Å². The van der Waals surface area contributed by atoms with Crippen LogP contribution in [0.1, 0.15) is 42.7 Å². The number of nitrogens with one attached hydrogen (secondary N) is 2. The molecule has 2 N–H and O–H groups in total. The minimum absolute atomic E-state index is 0. The predicted octanol–water partition coefficient (Wildman–Crippen LogP) is 2.52. The lowest BCUT2D eigenvalue weighted by molar-refractivity contribution is 0.0997. The number of aromatic nitrogens is 3. The van der Waals surface area contributed by atoms with Gasteiger partial charge in [0.1, 0.15) is 16.6 Å². The lowest BCUT2D eigenvalue weighted by Crippen LogP contribution is -2.40. The number of hydrogen-bond acceptors (Lipinski definition) is 7. The summed E-state index contributed by atoms with van der Waals surface area (Å²) in [6.45, 7) is 6.66. The molecule has 0 saturated carbocycles. The minimum Gasteiger partial charge on any atom is -0.357 e. The second kappa shape index (κ2) is 8.42. The Balaban J connectivity index is 0.000000728. The van der Waals surface area contributed by atoms with E-state index in [-0.39, 0.29) is 10.6 Å². The Bertz CT molecular complexity index is 884. The first-order chi connectivity index (χ1) is 13.3. The summed E-state index contributed by atoms with van der Waals surface area (Å²) in [6, 6.07) is 1.85. The number of likely N-dealkylation sites (tertiary alicyclic amines) is 1. The highest BCUT2D eigenvalue weighted by Crippen LogP contribution is 2.30. The number of rotatable bonds is 3. The van der Waals surface area contributed by atoms with E-state index in [9.17, 15) is 4.79 Å². The van der Waals surface area contributed by atoms with Gasteiger partial charge in [0.05, 0.1) is 17.8 Å². The van der Waals surface area contributed by atoms with Crippen LogP contribution in [0.15, 0.2) is 36.4 Å². The van der Waals surface area contributed by atoms with Crippen molar-refractivity contribution in [1.29, 1.82) is 0 Å². The van der Waals surface area contributed by atoms with Gasteiger partial charge in [0, 0.05) is 25.5 Å². The molecule has 28 heavy (non-hydrogen) atoms. The van der Waals surface area contributed by atoms with Gasteiger partial charge in [-0.05, 0) is 42.6 Å². The van der Waals surface area contributed by atoms with Crippen LogP contribution in [-0.2, 0) is 6.54 Å². The molecular formula is C18H24FN7OS. The molecule has 1 saturated heterocycles. The molecule has 0 aromatic carbocycles. The second-order valence-corrected chi connectivity index (χ2v) is 7.04. The lowest BCUT2D eigenvalue weighted by Gasteiger charge is -2.26. The van der Waals surface area contributed by atoms with Gasteiger partial charge in [-0.3, -0.25) is 25.3 Å². The van der Waals surface area contributed by atoms with Crippen LogP contribution in [0, 0.1) is 0 Å². The number of carbonyl (C=O) groups excluding carboxylic acids is 1. The Morgan fingerprint density at radius 1 is 1.11 bits per heavy atom. The Hall–Kier alpha value is -2.88. The third kappa shape index (κ3) is 3.47. The van der Waals surface area contributed by atoms with E-state index in [0.717, 1.165) is 35.4 Å². The van der Waals surface area contributed by atoms with Crippen LogP contribution in [-0.4, -0.2) is 38.1 Å². The molecule has 2 aromatic rings. The van der Waals surface area contributed by atoms with Gasteiger partial charge in [0.25, 0.3) is 5.91 Å². The van der Waals surface area contributed by atoms with Crippen LogP contribution in [0.4, 0.5) is 9.71 Å². The number of fused-ring (bicyclic) bond motifs is 1. The molecule has 150 valence electrons. The fraction of sp³-hybridized carbons (Fsp3) is 0.389. The monoisotopic (exact) mass is 405 g/mol. The van der Waals surface area contributed by atoms with Crippen LogP contribution in [0.5, 0.6) is 0 Å². The van der Waals surface area contributed by atoms with Gasteiger partial charge >= 0.3 is 0 Å². The number of nitrogens with zero attached hydrogens (tertiary/aromatic N) is 5. The molecule has 0 atom stereocenters. The van der Waals surface area contributed by atoms with Crippen molar-refractivity contribution < 1.29 is 9.50 Å². The topological polar surface area (TPSA) is 78.3 Å². The van der Waals surface area contributed by atoms with E-state index in [1.54, 1.807) is 22.0 Å². The number of carbonyl (C=O) groups is 1. The predicted molar refractivity (Wildman–Crippen MR) is 108 cm³/mol. The van der Waals surface area contributed by atoms with E-state index >= 15 is 0 Å².